The molecule has 3 unspecified atom stereocenters. The molecule has 182 valence electrons. The number of likely N-dealkylation sites (tertiary alicyclic amines) is 1. The molecule has 2 aromatic heterocycles. The van der Waals surface area contributed by atoms with E-state index in [4.69, 9.17) is 0 Å². The maximum Gasteiger partial charge on any atom is 0.322 e. The van der Waals surface area contributed by atoms with Gasteiger partial charge in [0.25, 0.3) is 0 Å². The highest BCUT2D eigenvalue weighted by atomic mass is 16.2. The van der Waals surface area contributed by atoms with Crippen LogP contribution < -0.4 is 5.32 Å². The molecule has 2 amide bonds. The van der Waals surface area contributed by atoms with E-state index < -0.39 is 0 Å². The highest BCUT2D eigenvalue weighted by Crippen LogP contribution is 2.48. The van der Waals surface area contributed by atoms with E-state index >= 15 is 0 Å². The van der Waals surface area contributed by atoms with Crippen molar-refractivity contribution >= 4 is 22.6 Å². The number of piperidine rings is 1. The largest absolute Gasteiger partial charge is 0.322 e. The van der Waals surface area contributed by atoms with Crippen molar-refractivity contribution in [3.8, 4) is 11.3 Å². The van der Waals surface area contributed by atoms with Gasteiger partial charge in [-0.05, 0) is 93.2 Å². The molecule has 0 radical (unpaired) electrons. The number of aromatic nitrogens is 3. The molecular weight excluding hydrogens is 436 g/mol. The fourth-order valence-corrected chi connectivity index (χ4v) is 7.39. The van der Waals surface area contributed by atoms with Crippen LogP contribution in [0.4, 0.5) is 10.5 Å². The zero-order valence-corrected chi connectivity index (χ0v) is 20.5. The number of H-pyrrole nitrogens is 1. The van der Waals surface area contributed by atoms with Crippen molar-refractivity contribution in [2.24, 2.45) is 17.8 Å². The van der Waals surface area contributed by atoms with Gasteiger partial charge in [0.05, 0.1) is 5.52 Å². The smallest absolute Gasteiger partial charge is 0.316 e. The summed E-state index contributed by atoms with van der Waals surface area (Å²) in [5.41, 5.74) is 5.97. The van der Waals surface area contributed by atoms with E-state index in [0.717, 1.165) is 69.8 Å². The Balaban J connectivity index is 1.12. The van der Waals surface area contributed by atoms with E-state index in [-0.39, 0.29) is 12.1 Å². The van der Waals surface area contributed by atoms with E-state index in [1.807, 2.05) is 25.3 Å². The van der Waals surface area contributed by atoms with Crippen molar-refractivity contribution in [3.63, 3.8) is 0 Å². The predicted octanol–water partition coefficient (Wildman–Crippen LogP) is 5.18. The quantitative estimate of drug-likeness (QED) is 0.551. The summed E-state index contributed by atoms with van der Waals surface area (Å²) in [6, 6.07) is 8.62. The minimum atomic E-state index is 0.0353. The number of aryl methyl sites for hydroxylation is 1. The molecule has 7 rings (SSSR count). The van der Waals surface area contributed by atoms with E-state index in [9.17, 15) is 4.79 Å². The molecule has 0 spiro atoms. The van der Waals surface area contributed by atoms with Crippen molar-refractivity contribution in [2.75, 3.05) is 25.0 Å². The van der Waals surface area contributed by atoms with Gasteiger partial charge in [-0.3, -0.25) is 10.1 Å². The molecule has 35 heavy (non-hydrogen) atoms. The monoisotopic (exact) mass is 470 g/mol. The van der Waals surface area contributed by atoms with Gasteiger partial charge < -0.3 is 15.1 Å². The number of hydrogen-bond donors (Lipinski definition) is 2. The molecular formula is C28H34N6O. The number of carbonyl (C=O) groups is 1. The SMILES string of the molecule is Cc1cc(-c2n[nH]c3cc4c(cc23)CN([C@@H]2CCCN(CC3CC5CCC3C5)C2)C(=O)N4)ccn1. The Bertz CT molecular complexity index is 1280. The van der Waals surface area contributed by atoms with Crippen molar-refractivity contribution in [1.29, 1.82) is 0 Å². The number of benzene rings is 1. The first kappa shape index (κ1) is 21.4. The van der Waals surface area contributed by atoms with Gasteiger partial charge in [0.2, 0.25) is 0 Å². The molecule has 3 aromatic rings. The van der Waals surface area contributed by atoms with Crippen molar-refractivity contribution in [3.05, 3.63) is 41.7 Å². The Kier molecular flexibility index (Phi) is 5.08. The molecule has 2 N–H and O–H groups in total. The van der Waals surface area contributed by atoms with E-state index in [0.29, 0.717) is 6.54 Å². The number of nitrogens with one attached hydrogen (secondary N) is 2. The van der Waals surface area contributed by atoms with Gasteiger partial charge in [-0.1, -0.05) is 6.42 Å². The number of anilines is 1. The second-order valence-corrected chi connectivity index (χ2v) is 11.4. The molecule has 1 saturated heterocycles. The lowest BCUT2D eigenvalue weighted by Crippen LogP contribution is -2.53. The van der Waals surface area contributed by atoms with Gasteiger partial charge in [0.15, 0.2) is 0 Å². The number of aromatic amines is 1. The summed E-state index contributed by atoms with van der Waals surface area (Å²) in [6.45, 7) is 6.07. The Morgan fingerprint density at radius 1 is 1.14 bits per heavy atom. The molecule has 4 heterocycles. The fraction of sp³-hybridized carbons (Fsp3) is 0.536. The van der Waals surface area contributed by atoms with Crippen LogP contribution in [0.15, 0.2) is 30.5 Å². The average Bonchev–Trinajstić information content (AvgIpc) is 3.58. The first-order valence-electron chi connectivity index (χ1n) is 13.3. The van der Waals surface area contributed by atoms with Crippen LogP contribution in [0.5, 0.6) is 0 Å². The summed E-state index contributed by atoms with van der Waals surface area (Å²) in [6.07, 6.45) is 9.90. The first-order chi connectivity index (χ1) is 17.1. The summed E-state index contributed by atoms with van der Waals surface area (Å²) < 4.78 is 0. The minimum Gasteiger partial charge on any atom is -0.316 e. The number of nitrogens with zero attached hydrogens (tertiary/aromatic N) is 4. The molecule has 7 heteroatoms. The molecule has 2 bridgehead atoms. The Morgan fingerprint density at radius 2 is 2.09 bits per heavy atom. The Labute approximate surface area is 206 Å². The zero-order valence-electron chi connectivity index (χ0n) is 20.5. The molecule has 7 nitrogen and oxygen atoms in total. The Hall–Kier alpha value is -2.93. The summed E-state index contributed by atoms with van der Waals surface area (Å²) >= 11 is 0. The number of pyridine rings is 1. The second-order valence-electron chi connectivity index (χ2n) is 11.4. The van der Waals surface area contributed by atoms with Gasteiger partial charge in [-0.15, -0.1) is 0 Å². The van der Waals surface area contributed by atoms with Crippen LogP contribution in [0.3, 0.4) is 0 Å². The first-order valence-corrected chi connectivity index (χ1v) is 13.3. The van der Waals surface area contributed by atoms with Crippen LogP contribution in [0.1, 0.15) is 49.8 Å². The molecule has 4 aliphatic rings. The Morgan fingerprint density at radius 3 is 2.91 bits per heavy atom. The lowest BCUT2D eigenvalue weighted by atomic mass is 9.88. The maximum absolute atomic E-state index is 13.2. The van der Waals surface area contributed by atoms with Gasteiger partial charge in [0.1, 0.15) is 5.69 Å². The molecule has 3 fully saturated rings. The molecule has 2 saturated carbocycles. The second kappa shape index (κ2) is 8.33. The lowest BCUT2D eigenvalue weighted by molar-refractivity contribution is 0.0930. The number of carbonyl (C=O) groups excluding carboxylic acids is 1. The van der Waals surface area contributed by atoms with Crippen LogP contribution in [0, 0.1) is 24.7 Å². The number of fused-ring (bicyclic) bond motifs is 4. The van der Waals surface area contributed by atoms with E-state index in [1.165, 1.54) is 45.2 Å². The van der Waals surface area contributed by atoms with Crippen LogP contribution in [0.25, 0.3) is 22.2 Å². The number of rotatable bonds is 4. The standard InChI is InChI=1S/C28H34N6O/c1-17-9-20(6-7-29-17)27-24-12-22-15-34(28(35)30-25(22)13-26(24)31-32-27)23-3-2-8-33(16-23)14-21-11-18-4-5-19(21)10-18/h6-7,9,12-13,18-19,21,23H,2-5,8,10-11,14-16H2,1H3,(H,30,35)(H,31,32)/t18?,19?,21?,23-/m1/s1. The fourth-order valence-electron chi connectivity index (χ4n) is 7.39. The maximum atomic E-state index is 13.2. The zero-order chi connectivity index (χ0) is 23.5. The highest BCUT2D eigenvalue weighted by molar-refractivity contribution is 6.00. The van der Waals surface area contributed by atoms with Crippen LogP contribution in [-0.2, 0) is 6.54 Å². The van der Waals surface area contributed by atoms with Gasteiger partial charge in [-0.25, -0.2) is 4.79 Å². The van der Waals surface area contributed by atoms with E-state index in [1.54, 1.807) is 0 Å². The van der Waals surface area contributed by atoms with Crippen molar-refractivity contribution in [1.82, 2.24) is 25.0 Å². The van der Waals surface area contributed by atoms with Crippen LogP contribution >= 0.6 is 0 Å². The highest BCUT2D eigenvalue weighted by Gasteiger charge is 2.41. The molecule has 2 aliphatic carbocycles. The summed E-state index contributed by atoms with van der Waals surface area (Å²) in [5.74, 6) is 2.84. The summed E-state index contributed by atoms with van der Waals surface area (Å²) in [7, 11) is 0. The number of amides is 2. The minimum absolute atomic E-state index is 0.0353. The van der Waals surface area contributed by atoms with E-state index in [2.05, 4.69) is 42.4 Å². The van der Waals surface area contributed by atoms with Crippen molar-refractivity contribution in [2.45, 2.75) is 58.0 Å². The van der Waals surface area contributed by atoms with Crippen LogP contribution in [-0.4, -0.2) is 56.7 Å². The third-order valence-electron chi connectivity index (χ3n) is 9.10. The van der Waals surface area contributed by atoms with Gasteiger partial charge in [-0.2, -0.15) is 5.10 Å². The lowest BCUT2D eigenvalue weighted by Gasteiger charge is -2.42. The average molecular weight is 471 g/mol. The third-order valence-corrected chi connectivity index (χ3v) is 9.10. The summed E-state index contributed by atoms with van der Waals surface area (Å²) in [5, 5.41) is 12.0. The topological polar surface area (TPSA) is 77.2 Å². The normalized spacial score (nSPS) is 28.5. The van der Waals surface area contributed by atoms with Gasteiger partial charge >= 0.3 is 6.03 Å². The van der Waals surface area contributed by atoms with Gasteiger partial charge in [0, 0.05) is 54.2 Å². The number of hydrogen-bond acceptors (Lipinski definition) is 4. The van der Waals surface area contributed by atoms with Crippen LogP contribution in [0.2, 0.25) is 0 Å². The molecule has 1 aromatic carbocycles. The predicted molar refractivity (Wildman–Crippen MR) is 137 cm³/mol. The number of urea groups is 1. The van der Waals surface area contributed by atoms with Crippen molar-refractivity contribution < 1.29 is 4.79 Å². The summed E-state index contributed by atoms with van der Waals surface area (Å²) in [4.78, 5) is 22.2. The molecule has 4 atom stereocenters. The third kappa shape index (κ3) is 3.80. The molecule has 2 aliphatic heterocycles.